The Hall–Kier alpha value is -2.36. The molecular formula is C57H96O4. The van der Waals surface area contributed by atoms with Gasteiger partial charge in [-0.2, -0.15) is 0 Å². The summed E-state index contributed by atoms with van der Waals surface area (Å²) in [5.74, 6) is 7.60. The summed E-state index contributed by atoms with van der Waals surface area (Å²) in [6.07, 6.45) is 28.5. The number of aryl methyl sites for hydroxylation is 1. The Balaban J connectivity index is 1.33. The molecular weight excluding hydrogens is 749 g/mol. The van der Waals surface area contributed by atoms with Gasteiger partial charge in [0.2, 0.25) is 0 Å². The molecule has 0 aliphatic carbocycles. The SMILES string of the molecule is Cc1cc(O)c(CCc2c(C)c(O)c(C)c3c2O[C@](C)(CCC[C@H](C)CCC[C@H](C)CCCC(C)C)CC3)c2c1O[C@](C)(CCC[C@H](C)CCC[C@H](C)CCCC(C)C)CC2. The first-order valence-electron chi connectivity index (χ1n) is 25.9. The van der Waals surface area contributed by atoms with Crippen LogP contribution < -0.4 is 9.47 Å². The van der Waals surface area contributed by atoms with Crippen molar-refractivity contribution in [1.82, 2.24) is 0 Å². The molecule has 2 heterocycles. The fourth-order valence-corrected chi connectivity index (χ4v) is 11.0. The molecule has 2 N–H and O–H groups in total. The molecule has 4 rings (SSSR count). The Kier molecular flexibility index (Phi) is 20.2. The van der Waals surface area contributed by atoms with Crippen LogP contribution in [0.2, 0.25) is 0 Å². The highest BCUT2D eigenvalue weighted by molar-refractivity contribution is 5.60. The van der Waals surface area contributed by atoms with E-state index in [1.807, 2.05) is 6.07 Å². The average Bonchev–Trinajstić information content (AvgIpc) is 3.18. The minimum Gasteiger partial charge on any atom is -0.508 e. The van der Waals surface area contributed by atoms with Gasteiger partial charge >= 0.3 is 0 Å². The number of ether oxygens (including phenoxy) is 2. The fourth-order valence-electron chi connectivity index (χ4n) is 11.0. The van der Waals surface area contributed by atoms with Crippen LogP contribution in [0, 0.1) is 56.3 Å². The maximum Gasteiger partial charge on any atom is 0.127 e. The van der Waals surface area contributed by atoms with Crippen molar-refractivity contribution in [3.63, 3.8) is 0 Å². The van der Waals surface area contributed by atoms with E-state index in [0.29, 0.717) is 24.3 Å². The summed E-state index contributed by atoms with van der Waals surface area (Å²) < 4.78 is 14.1. The van der Waals surface area contributed by atoms with Gasteiger partial charge in [0.05, 0.1) is 0 Å². The summed E-state index contributed by atoms with van der Waals surface area (Å²) in [6, 6.07) is 1.92. The van der Waals surface area contributed by atoms with Crippen LogP contribution in [0.1, 0.15) is 237 Å². The van der Waals surface area contributed by atoms with Crippen LogP contribution >= 0.6 is 0 Å². The van der Waals surface area contributed by atoms with Crippen molar-refractivity contribution in [2.75, 3.05) is 0 Å². The van der Waals surface area contributed by atoms with Gasteiger partial charge in [-0.3, -0.25) is 0 Å². The quantitative estimate of drug-likeness (QED) is 0.0940. The number of benzene rings is 2. The van der Waals surface area contributed by atoms with Crippen molar-refractivity contribution in [2.45, 2.75) is 255 Å². The van der Waals surface area contributed by atoms with Crippen LogP contribution in [0.15, 0.2) is 6.07 Å². The standard InChI is InChI=1S/C57H96O4/c1-39(2)20-14-22-41(5)24-16-26-43(7)28-18-34-56(12)37-33-51-50(52(58)38-45(9)54(51)60-56)31-30-48-46(10)53(59)47(11)49-32-36-57(13,61-55(48)49)35-19-29-44(8)27-17-25-42(6)23-15-21-40(3)4/h38-44,58-59H,14-37H2,1-13H3/t41-,42-,43-,44-,56-,57-/m1/s1. The van der Waals surface area contributed by atoms with Gasteiger partial charge in [0.25, 0.3) is 0 Å². The molecule has 2 aromatic carbocycles. The Morgan fingerprint density at radius 1 is 0.508 bits per heavy atom. The van der Waals surface area contributed by atoms with E-state index in [2.05, 4.69) is 90.0 Å². The second-order valence-electron chi connectivity index (χ2n) is 22.7. The minimum absolute atomic E-state index is 0.184. The topological polar surface area (TPSA) is 58.9 Å². The lowest BCUT2D eigenvalue weighted by Crippen LogP contribution is -2.37. The van der Waals surface area contributed by atoms with Crippen molar-refractivity contribution in [3.05, 3.63) is 45.0 Å². The zero-order valence-corrected chi connectivity index (χ0v) is 42.2. The summed E-state index contributed by atoms with van der Waals surface area (Å²) in [5, 5.41) is 22.8. The van der Waals surface area contributed by atoms with E-state index in [-0.39, 0.29) is 11.2 Å². The van der Waals surface area contributed by atoms with Crippen LogP contribution in [0.25, 0.3) is 0 Å². The second-order valence-corrected chi connectivity index (χ2v) is 22.7. The summed E-state index contributed by atoms with van der Waals surface area (Å²) in [6.45, 7) is 30.0. The van der Waals surface area contributed by atoms with E-state index in [1.165, 1.54) is 114 Å². The normalized spacial score (nSPS) is 20.8. The third kappa shape index (κ3) is 15.7. The highest BCUT2D eigenvalue weighted by Crippen LogP contribution is 2.47. The van der Waals surface area contributed by atoms with Crippen LogP contribution in [0.4, 0.5) is 0 Å². The highest BCUT2D eigenvalue weighted by atomic mass is 16.5. The van der Waals surface area contributed by atoms with Gasteiger partial charge in [-0.05, 0) is 157 Å². The van der Waals surface area contributed by atoms with Crippen LogP contribution in [0.3, 0.4) is 0 Å². The molecule has 348 valence electrons. The first-order valence-corrected chi connectivity index (χ1v) is 25.9. The van der Waals surface area contributed by atoms with Gasteiger partial charge in [0, 0.05) is 22.3 Å². The maximum atomic E-state index is 11.5. The monoisotopic (exact) mass is 845 g/mol. The third-order valence-electron chi connectivity index (χ3n) is 15.5. The van der Waals surface area contributed by atoms with Crippen LogP contribution in [-0.2, 0) is 25.7 Å². The smallest absolute Gasteiger partial charge is 0.127 e. The molecule has 2 aliphatic rings. The van der Waals surface area contributed by atoms with E-state index in [4.69, 9.17) is 9.47 Å². The first kappa shape index (κ1) is 51.3. The van der Waals surface area contributed by atoms with Crippen molar-refractivity contribution in [3.8, 4) is 23.0 Å². The van der Waals surface area contributed by atoms with E-state index in [1.54, 1.807) is 0 Å². The Morgan fingerprint density at radius 2 is 0.902 bits per heavy atom. The van der Waals surface area contributed by atoms with Crippen molar-refractivity contribution in [2.24, 2.45) is 35.5 Å². The molecule has 0 saturated carbocycles. The van der Waals surface area contributed by atoms with Gasteiger partial charge in [0.1, 0.15) is 34.2 Å². The number of hydrogen-bond acceptors (Lipinski definition) is 4. The number of hydrogen-bond donors (Lipinski definition) is 2. The zero-order valence-electron chi connectivity index (χ0n) is 42.2. The molecule has 0 spiro atoms. The molecule has 0 amide bonds. The predicted octanol–water partition coefficient (Wildman–Crippen LogP) is 16.9. The van der Waals surface area contributed by atoms with Gasteiger partial charge in [-0.15, -0.1) is 0 Å². The summed E-state index contributed by atoms with van der Waals surface area (Å²) in [7, 11) is 0. The Morgan fingerprint density at radius 3 is 1.36 bits per heavy atom. The minimum atomic E-state index is -0.213. The van der Waals surface area contributed by atoms with E-state index in [9.17, 15) is 10.2 Å². The third-order valence-corrected chi connectivity index (χ3v) is 15.5. The second kappa shape index (κ2) is 24.1. The summed E-state index contributed by atoms with van der Waals surface area (Å²) in [5.41, 5.74) is 6.96. The molecule has 0 fully saturated rings. The molecule has 0 aromatic heterocycles. The molecule has 2 aliphatic heterocycles. The van der Waals surface area contributed by atoms with Crippen LogP contribution in [0.5, 0.6) is 23.0 Å². The lowest BCUT2D eigenvalue weighted by atomic mass is 9.81. The lowest BCUT2D eigenvalue weighted by molar-refractivity contribution is 0.0508. The molecule has 61 heavy (non-hydrogen) atoms. The number of aromatic hydroxyl groups is 2. The fraction of sp³-hybridized carbons (Fsp3) is 0.789. The van der Waals surface area contributed by atoms with E-state index < -0.39 is 0 Å². The predicted molar refractivity (Wildman–Crippen MR) is 262 cm³/mol. The lowest BCUT2D eigenvalue weighted by Gasteiger charge is -2.39. The molecule has 0 bridgehead atoms. The zero-order chi connectivity index (χ0) is 44.9. The maximum absolute atomic E-state index is 11.5. The van der Waals surface area contributed by atoms with E-state index >= 15 is 0 Å². The number of phenolic OH excluding ortho intramolecular Hbond substituents is 2. The van der Waals surface area contributed by atoms with Crippen molar-refractivity contribution < 1.29 is 19.7 Å². The Labute approximate surface area is 377 Å². The number of phenols is 2. The highest BCUT2D eigenvalue weighted by Gasteiger charge is 2.37. The van der Waals surface area contributed by atoms with Crippen LogP contribution in [-0.4, -0.2) is 21.4 Å². The van der Waals surface area contributed by atoms with Gasteiger partial charge in [0.15, 0.2) is 0 Å². The molecule has 0 saturated heterocycles. The largest absolute Gasteiger partial charge is 0.508 e. The molecule has 4 heteroatoms. The van der Waals surface area contributed by atoms with Gasteiger partial charge in [-0.25, -0.2) is 0 Å². The molecule has 6 atom stereocenters. The van der Waals surface area contributed by atoms with Crippen molar-refractivity contribution in [1.29, 1.82) is 0 Å². The number of fused-ring (bicyclic) bond motifs is 2. The van der Waals surface area contributed by atoms with E-state index in [0.717, 1.165) is 113 Å². The Bertz CT molecular complexity index is 1640. The molecule has 0 radical (unpaired) electrons. The van der Waals surface area contributed by atoms with Crippen molar-refractivity contribution >= 4 is 0 Å². The molecule has 2 aromatic rings. The number of rotatable bonds is 27. The molecule has 0 unspecified atom stereocenters. The summed E-state index contributed by atoms with van der Waals surface area (Å²) >= 11 is 0. The molecule has 4 nitrogen and oxygen atoms in total. The van der Waals surface area contributed by atoms with Gasteiger partial charge in [-0.1, -0.05) is 145 Å². The first-order chi connectivity index (χ1) is 28.8. The average molecular weight is 845 g/mol. The summed E-state index contributed by atoms with van der Waals surface area (Å²) in [4.78, 5) is 0. The van der Waals surface area contributed by atoms with Gasteiger partial charge < -0.3 is 19.7 Å².